The van der Waals surface area contributed by atoms with Crippen molar-refractivity contribution in [2.75, 3.05) is 19.6 Å². The van der Waals surface area contributed by atoms with Gasteiger partial charge in [0.05, 0.1) is 36.0 Å². The van der Waals surface area contributed by atoms with Crippen LogP contribution in [-0.2, 0) is 0 Å². The van der Waals surface area contributed by atoms with E-state index >= 15 is 0 Å². The highest BCUT2D eigenvalue weighted by Crippen LogP contribution is 2.32. The third kappa shape index (κ3) is 3.43. The third-order valence-electron chi connectivity index (χ3n) is 5.89. The zero-order chi connectivity index (χ0) is 21.4. The number of fused-ring (bicyclic) bond motifs is 3. The van der Waals surface area contributed by atoms with Crippen LogP contribution in [0.1, 0.15) is 18.9 Å². The molecule has 1 saturated heterocycles. The van der Waals surface area contributed by atoms with Crippen molar-refractivity contribution >= 4 is 21.9 Å². The second kappa shape index (κ2) is 7.85. The van der Waals surface area contributed by atoms with Crippen molar-refractivity contribution in [2.45, 2.75) is 18.9 Å². The van der Waals surface area contributed by atoms with Gasteiger partial charge in [-0.1, -0.05) is 6.07 Å². The Morgan fingerprint density at radius 3 is 2.68 bits per heavy atom. The largest absolute Gasteiger partial charge is 0.302 e. The topological polar surface area (TPSA) is 87.7 Å². The first-order chi connectivity index (χ1) is 15.2. The molecular weight excluding hydrogens is 395 g/mol. The smallest absolute Gasteiger partial charge is 0.269 e. The van der Waals surface area contributed by atoms with E-state index in [9.17, 15) is 9.18 Å². The maximum atomic E-state index is 14.9. The first-order valence-corrected chi connectivity index (χ1v) is 10.1. The number of likely N-dealkylation sites (tertiary alicyclic amines) is 1. The lowest BCUT2D eigenvalue weighted by atomic mass is 10.0. The van der Waals surface area contributed by atoms with Gasteiger partial charge in [0.15, 0.2) is 0 Å². The van der Waals surface area contributed by atoms with Crippen LogP contribution >= 0.6 is 0 Å². The van der Waals surface area contributed by atoms with Crippen molar-refractivity contribution in [1.29, 1.82) is 5.26 Å². The Morgan fingerprint density at radius 1 is 1.13 bits per heavy atom. The van der Waals surface area contributed by atoms with Crippen LogP contribution in [0.5, 0.6) is 0 Å². The molecule has 7 nitrogen and oxygen atoms in total. The summed E-state index contributed by atoms with van der Waals surface area (Å²) in [7, 11) is 0. The molecule has 31 heavy (non-hydrogen) atoms. The molecule has 0 aliphatic carbocycles. The number of hydrogen-bond donors (Lipinski definition) is 0. The average Bonchev–Trinajstić information content (AvgIpc) is 2.80. The van der Waals surface area contributed by atoms with E-state index in [0.29, 0.717) is 39.6 Å². The summed E-state index contributed by atoms with van der Waals surface area (Å²) < 4.78 is 16.7. The number of rotatable bonds is 3. The number of halogens is 1. The van der Waals surface area contributed by atoms with Crippen LogP contribution in [0.2, 0.25) is 0 Å². The zero-order valence-corrected chi connectivity index (χ0v) is 16.7. The highest BCUT2D eigenvalue weighted by atomic mass is 19.1. The Bertz CT molecular complexity index is 1370. The van der Waals surface area contributed by atoms with Crippen LogP contribution in [0, 0.1) is 17.1 Å². The molecule has 0 saturated carbocycles. The van der Waals surface area contributed by atoms with Gasteiger partial charge in [0.2, 0.25) is 0 Å². The van der Waals surface area contributed by atoms with E-state index in [1.807, 2.05) is 0 Å². The van der Waals surface area contributed by atoms with Crippen LogP contribution in [-0.4, -0.2) is 44.1 Å². The SMILES string of the molecule is N#CCN1CCC(n2c(=O)cnc3cnc4cc(F)c(-c5cccnc5)cc4c32)CC1. The highest BCUT2D eigenvalue weighted by molar-refractivity contribution is 6.03. The van der Waals surface area contributed by atoms with Gasteiger partial charge in [-0.25, -0.2) is 9.37 Å². The molecular formula is C23H19FN6O. The van der Waals surface area contributed by atoms with Gasteiger partial charge in [-0.15, -0.1) is 0 Å². The fourth-order valence-corrected chi connectivity index (χ4v) is 4.38. The molecule has 0 radical (unpaired) electrons. The molecule has 1 aliphatic heterocycles. The summed E-state index contributed by atoms with van der Waals surface area (Å²) in [6, 6.07) is 8.85. The second-order valence-corrected chi connectivity index (χ2v) is 7.71. The number of aromatic nitrogens is 4. The molecule has 1 aromatic carbocycles. The molecule has 1 aliphatic rings. The summed E-state index contributed by atoms with van der Waals surface area (Å²) in [6.07, 6.45) is 7.66. The number of nitriles is 1. The van der Waals surface area contributed by atoms with Crippen molar-refractivity contribution in [3.05, 3.63) is 65.2 Å². The maximum Gasteiger partial charge on any atom is 0.269 e. The van der Waals surface area contributed by atoms with Gasteiger partial charge in [-0.05, 0) is 25.0 Å². The van der Waals surface area contributed by atoms with Crippen molar-refractivity contribution in [2.24, 2.45) is 0 Å². The van der Waals surface area contributed by atoms with E-state index in [0.717, 1.165) is 25.9 Å². The molecule has 0 spiro atoms. The molecule has 0 N–H and O–H groups in total. The third-order valence-corrected chi connectivity index (χ3v) is 5.89. The van der Waals surface area contributed by atoms with Crippen molar-refractivity contribution < 1.29 is 4.39 Å². The van der Waals surface area contributed by atoms with Crippen LogP contribution in [0.15, 0.2) is 53.8 Å². The van der Waals surface area contributed by atoms with Gasteiger partial charge < -0.3 is 4.57 Å². The molecule has 8 heteroatoms. The summed E-state index contributed by atoms with van der Waals surface area (Å²) in [5.74, 6) is -0.394. The number of nitrogens with zero attached hydrogens (tertiary/aromatic N) is 6. The Morgan fingerprint density at radius 2 is 1.94 bits per heavy atom. The Labute approximate surface area is 177 Å². The monoisotopic (exact) mass is 414 g/mol. The quantitative estimate of drug-likeness (QED) is 0.378. The van der Waals surface area contributed by atoms with Crippen molar-refractivity contribution in [3.63, 3.8) is 0 Å². The Balaban J connectivity index is 1.72. The van der Waals surface area contributed by atoms with Crippen LogP contribution in [0.3, 0.4) is 0 Å². The number of benzene rings is 1. The molecule has 4 aromatic rings. The first kappa shape index (κ1) is 19.3. The number of piperidine rings is 1. The van der Waals surface area contributed by atoms with Crippen LogP contribution in [0.4, 0.5) is 4.39 Å². The highest BCUT2D eigenvalue weighted by Gasteiger charge is 2.24. The summed E-state index contributed by atoms with van der Waals surface area (Å²) in [4.78, 5) is 27.8. The summed E-state index contributed by atoms with van der Waals surface area (Å²) in [5.41, 5.74) is 2.60. The lowest BCUT2D eigenvalue weighted by Crippen LogP contribution is -2.37. The molecule has 4 heterocycles. The Kier molecular flexibility index (Phi) is 4.88. The number of pyridine rings is 2. The van der Waals surface area contributed by atoms with Crippen LogP contribution < -0.4 is 5.56 Å². The molecule has 154 valence electrons. The van der Waals surface area contributed by atoms with Gasteiger partial charge in [0.1, 0.15) is 11.3 Å². The number of hydrogen-bond acceptors (Lipinski definition) is 6. The van der Waals surface area contributed by atoms with Gasteiger partial charge >= 0.3 is 0 Å². The van der Waals surface area contributed by atoms with E-state index in [2.05, 4.69) is 25.9 Å². The molecule has 0 unspecified atom stereocenters. The normalized spacial score (nSPS) is 15.4. The summed E-state index contributed by atoms with van der Waals surface area (Å²) >= 11 is 0. The zero-order valence-electron chi connectivity index (χ0n) is 16.7. The summed E-state index contributed by atoms with van der Waals surface area (Å²) in [6.45, 7) is 1.87. The Hall–Kier alpha value is -3.70. The first-order valence-electron chi connectivity index (χ1n) is 10.1. The molecule has 0 bridgehead atoms. The van der Waals surface area contributed by atoms with Gasteiger partial charge in [0.25, 0.3) is 5.56 Å². The predicted octanol–water partition coefficient (Wildman–Crippen LogP) is 3.31. The fourth-order valence-electron chi connectivity index (χ4n) is 4.38. The van der Waals surface area contributed by atoms with Gasteiger partial charge in [-0.2, -0.15) is 5.26 Å². The minimum atomic E-state index is -0.394. The average molecular weight is 414 g/mol. The van der Waals surface area contributed by atoms with E-state index < -0.39 is 5.82 Å². The fraction of sp³-hybridized carbons (Fsp3) is 0.261. The van der Waals surface area contributed by atoms with Gasteiger partial charge in [0, 0.05) is 54.1 Å². The lowest BCUT2D eigenvalue weighted by molar-refractivity contribution is 0.205. The summed E-state index contributed by atoms with van der Waals surface area (Å²) in [5, 5.41) is 9.63. The standard InChI is InChI=1S/C23H19FN6O/c24-19-11-20-18(10-17(19)15-2-1-6-26-12-15)23-21(13-27-20)28-14-22(31)30(23)16-3-7-29(8-4-16)9-5-25/h1-2,6,10-14,16H,3-4,7-9H2. The van der Waals surface area contributed by atoms with Crippen LogP contribution in [0.25, 0.3) is 33.1 Å². The van der Waals surface area contributed by atoms with E-state index in [1.165, 1.54) is 12.3 Å². The minimum absolute atomic E-state index is 0.0227. The second-order valence-electron chi connectivity index (χ2n) is 7.71. The van der Waals surface area contributed by atoms with Crippen molar-refractivity contribution in [1.82, 2.24) is 24.4 Å². The minimum Gasteiger partial charge on any atom is -0.302 e. The van der Waals surface area contributed by atoms with Gasteiger partial charge in [-0.3, -0.25) is 19.7 Å². The molecule has 3 aromatic heterocycles. The molecule has 0 atom stereocenters. The van der Waals surface area contributed by atoms with E-state index in [4.69, 9.17) is 5.26 Å². The van der Waals surface area contributed by atoms with E-state index in [-0.39, 0.29) is 11.6 Å². The molecule has 1 fully saturated rings. The molecule has 5 rings (SSSR count). The molecule has 0 amide bonds. The van der Waals surface area contributed by atoms with Crippen molar-refractivity contribution in [3.8, 4) is 17.2 Å². The van der Waals surface area contributed by atoms with E-state index in [1.54, 1.807) is 41.4 Å². The predicted molar refractivity (Wildman–Crippen MR) is 115 cm³/mol. The lowest BCUT2D eigenvalue weighted by Gasteiger charge is -2.32. The maximum absolute atomic E-state index is 14.9.